The summed E-state index contributed by atoms with van der Waals surface area (Å²) in [6.07, 6.45) is -5.77. The molecule has 0 aromatic rings. The largest absolute Gasteiger partial charge is 0.445 e. The molecule has 0 N–H and O–H groups in total. The van der Waals surface area contributed by atoms with Crippen molar-refractivity contribution in [1.29, 1.82) is 0 Å². The summed E-state index contributed by atoms with van der Waals surface area (Å²) in [6.45, 7) is 2.13. The van der Waals surface area contributed by atoms with E-state index in [1.54, 1.807) is 0 Å². The zero-order valence-corrected chi connectivity index (χ0v) is 6.99. The van der Waals surface area contributed by atoms with E-state index in [0.29, 0.717) is 0 Å². The predicted octanol–water partition coefficient (Wildman–Crippen LogP) is 4.09. The summed E-state index contributed by atoms with van der Waals surface area (Å²) in [6, 6.07) is 0. The van der Waals surface area contributed by atoms with Crippen LogP contribution in [0.2, 0.25) is 0 Å². The molecule has 0 aliphatic heterocycles. The number of allylic oxidation sites excluding steroid dienone is 3. The second kappa shape index (κ2) is 3.80. The minimum Gasteiger partial charge on any atom is -0.210 e. The maximum atomic E-state index is 12.5. The molecule has 0 aliphatic rings. The predicted molar refractivity (Wildman–Crippen MR) is 35.2 cm³/mol. The quantitative estimate of drug-likeness (QED) is 0.505. The van der Waals surface area contributed by atoms with Crippen LogP contribution in [0, 0.1) is 0 Å². The van der Waals surface area contributed by atoms with E-state index in [1.807, 2.05) is 0 Å². The third-order valence-corrected chi connectivity index (χ3v) is 1.43. The van der Waals surface area contributed by atoms with Crippen LogP contribution in [-0.4, -0.2) is 11.3 Å². The van der Waals surface area contributed by atoms with Gasteiger partial charge >= 0.3 is 6.18 Å². The second-order valence-electron chi connectivity index (χ2n) is 2.11. The fourth-order valence-electron chi connectivity index (χ4n) is 0.381. The number of halogens is 8. The molecule has 0 aromatic carbocycles. The van der Waals surface area contributed by atoms with Crippen molar-refractivity contribution in [3.8, 4) is 0 Å². The van der Waals surface area contributed by atoms with Gasteiger partial charge in [0.05, 0.1) is 0 Å². The van der Waals surface area contributed by atoms with Crippen molar-refractivity contribution >= 4 is 11.6 Å². The SMILES string of the molecule is C=C(F)C(F)(Cl)C(F)=C(F)C(F)(F)F. The summed E-state index contributed by atoms with van der Waals surface area (Å²) >= 11 is 4.31. The van der Waals surface area contributed by atoms with Crippen LogP contribution >= 0.6 is 11.6 Å². The Morgan fingerprint density at radius 3 is 1.50 bits per heavy atom. The van der Waals surface area contributed by atoms with Gasteiger partial charge in [0.2, 0.25) is 11.7 Å². The van der Waals surface area contributed by atoms with Gasteiger partial charge in [-0.05, 0) is 0 Å². The van der Waals surface area contributed by atoms with E-state index in [1.165, 1.54) is 0 Å². The zero-order chi connectivity index (χ0) is 11.7. The molecule has 0 nitrogen and oxygen atoms in total. The van der Waals surface area contributed by atoms with Gasteiger partial charge in [-0.2, -0.15) is 17.6 Å². The van der Waals surface area contributed by atoms with Crippen LogP contribution in [0.4, 0.5) is 30.7 Å². The van der Waals surface area contributed by atoms with Crippen LogP contribution < -0.4 is 0 Å². The summed E-state index contributed by atoms with van der Waals surface area (Å²) in [4.78, 5) is 0. The third-order valence-electron chi connectivity index (χ3n) is 1.06. The molecule has 0 bridgehead atoms. The monoisotopic (exact) mass is 242 g/mol. The molecule has 82 valence electrons. The molecule has 0 heterocycles. The van der Waals surface area contributed by atoms with Crippen LogP contribution in [0.25, 0.3) is 0 Å². The van der Waals surface area contributed by atoms with E-state index in [0.717, 1.165) is 0 Å². The van der Waals surface area contributed by atoms with E-state index in [9.17, 15) is 30.7 Å². The fourth-order valence-corrected chi connectivity index (χ4v) is 0.464. The Kier molecular flexibility index (Phi) is 3.60. The standard InChI is InChI=1S/C6H2ClF7/c1-2(8)5(7,11)3(9)4(10)6(12,13)14/h1H2. The lowest BCUT2D eigenvalue weighted by atomic mass is 10.2. The van der Waals surface area contributed by atoms with Crippen molar-refractivity contribution in [2.24, 2.45) is 0 Å². The molecule has 0 aliphatic carbocycles. The van der Waals surface area contributed by atoms with E-state index in [2.05, 4.69) is 18.2 Å². The lowest BCUT2D eigenvalue weighted by molar-refractivity contribution is -0.112. The molecule has 8 heteroatoms. The molecular weight excluding hydrogens is 241 g/mol. The molecule has 1 atom stereocenters. The Balaban J connectivity index is 5.31. The first-order valence-corrected chi connectivity index (χ1v) is 3.24. The van der Waals surface area contributed by atoms with E-state index in [4.69, 9.17) is 0 Å². The van der Waals surface area contributed by atoms with Gasteiger partial charge in [0, 0.05) is 0 Å². The summed E-state index contributed by atoms with van der Waals surface area (Å²) in [7, 11) is 0. The molecule has 14 heavy (non-hydrogen) atoms. The Morgan fingerprint density at radius 1 is 0.929 bits per heavy atom. The molecule has 0 fully saturated rings. The minimum atomic E-state index is -5.77. The van der Waals surface area contributed by atoms with Crippen LogP contribution in [0.15, 0.2) is 24.1 Å². The average Bonchev–Trinajstić information content (AvgIpc) is 1.99. The topological polar surface area (TPSA) is 0 Å². The van der Waals surface area contributed by atoms with Gasteiger partial charge in [-0.3, -0.25) is 0 Å². The van der Waals surface area contributed by atoms with Gasteiger partial charge in [0.25, 0.3) is 5.13 Å². The van der Waals surface area contributed by atoms with Crippen LogP contribution in [0.1, 0.15) is 0 Å². The van der Waals surface area contributed by atoms with Crippen LogP contribution in [-0.2, 0) is 0 Å². The molecule has 0 spiro atoms. The number of rotatable bonds is 2. The Hall–Kier alpha value is -0.720. The third kappa shape index (κ3) is 2.63. The first-order valence-electron chi connectivity index (χ1n) is 2.87. The molecule has 0 saturated carbocycles. The van der Waals surface area contributed by atoms with Crippen molar-refractivity contribution in [1.82, 2.24) is 0 Å². The maximum Gasteiger partial charge on any atom is 0.445 e. The smallest absolute Gasteiger partial charge is 0.210 e. The number of hydrogen-bond acceptors (Lipinski definition) is 0. The molecule has 0 rings (SSSR count). The lowest BCUT2D eigenvalue weighted by Gasteiger charge is -2.14. The Morgan fingerprint density at radius 2 is 1.29 bits per heavy atom. The van der Waals surface area contributed by atoms with E-state index in [-0.39, 0.29) is 0 Å². The highest BCUT2D eigenvalue weighted by molar-refractivity contribution is 6.26. The first-order chi connectivity index (χ1) is 6.01. The molecule has 0 amide bonds. The zero-order valence-electron chi connectivity index (χ0n) is 6.23. The van der Waals surface area contributed by atoms with Crippen molar-refractivity contribution < 1.29 is 30.7 Å². The highest BCUT2D eigenvalue weighted by atomic mass is 35.5. The number of hydrogen-bond donors (Lipinski definition) is 0. The Bertz CT molecular complexity index is 274. The highest BCUT2D eigenvalue weighted by Gasteiger charge is 2.47. The fraction of sp³-hybridized carbons (Fsp3) is 0.333. The van der Waals surface area contributed by atoms with Crippen molar-refractivity contribution in [2.75, 3.05) is 0 Å². The van der Waals surface area contributed by atoms with Crippen molar-refractivity contribution in [2.45, 2.75) is 11.3 Å². The van der Waals surface area contributed by atoms with Gasteiger partial charge in [-0.25, -0.2) is 13.2 Å². The highest BCUT2D eigenvalue weighted by Crippen LogP contribution is 2.41. The molecule has 0 saturated heterocycles. The normalized spacial score (nSPS) is 18.6. The molecular formula is C6H2ClF7. The van der Waals surface area contributed by atoms with Gasteiger partial charge in [0.15, 0.2) is 5.83 Å². The van der Waals surface area contributed by atoms with Gasteiger partial charge in [-0.1, -0.05) is 18.2 Å². The Labute approximate surface area is 78.6 Å². The lowest BCUT2D eigenvalue weighted by Crippen LogP contribution is -2.21. The minimum absolute atomic E-state index is 2.13. The molecule has 1 unspecified atom stereocenters. The summed E-state index contributed by atoms with van der Waals surface area (Å²) < 4.78 is 83.1. The van der Waals surface area contributed by atoms with Crippen LogP contribution in [0.3, 0.4) is 0 Å². The van der Waals surface area contributed by atoms with Crippen molar-refractivity contribution in [3.63, 3.8) is 0 Å². The van der Waals surface area contributed by atoms with E-state index < -0.39 is 28.8 Å². The summed E-state index contributed by atoms with van der Waals surface area (Å²) in [5.74, 6) is -8.83. The van der Waals surface area contributed by atoms with E-state index >= 15 is 0 Å². The maximum absolute atomic E-state index is 12.5. The second-order valence-corrected chi connectivity index (χ2v) is 2.63. The van der Waals surface area contributed by atoms with Crippen LogP contribution in [0.5, 0.6) is 0 Å². The number of alkyl halides is 5. The average molecular weight is 243 g/mol. The summed E-state index contributed by atoms with van der Waals surface area (Å²) in [5.41, 5.74) is 0. The van der Waals surface area contributed by atoms with Gasteiger partial charge < -0.3 is 0 Å². The molecule has 0 radical (unpaired) electrons. The van der Waals surface area contributed by atoms with Crippen molar-refractivity contribution in [3.05, 3.63) is 24.1 Å². The first kappa shape index (κ1) is 13.3. The van der Waals surface area contributed by atoms with Gasteiger partial charge in [0.1, 0.15) is 0 Å². The molecule has 0 aromatic heterocycles. The van der Waals surface area contributed by atoms with Gasteiger partial charge in [-0.15, -0.1) is 0 Å². The summed E-state index contributed by atoms with van der Waals surface area (Å²) in [5, 5.41) is -4.33.